The molecule has 0 aliphatic heterocycles. The van der Waals surface area contributed by atoms with Crippen LogP contribution in [0.5, 0.6) is 0 Å². The van der Waals surface area contributed by atoms with Gasteiger partial charge in [0.25, 0.3) is 0 Å². The lowest BCUT2D eigenvalue weighted by atomic mass is 10.3. The Kier molecular flexibility index (Phi) is 2.82. The molecule has 4 nitrogen and oxygen atoms in total. The highest BCUT2D eigenvalue weighted by Gasteiger charge is 2.45. The molecule has 66 valence electrons. The third kappa shape index (κ3) is 1.79. The summed E-state index contributed by atoms with van der Waals surface area (Å²) in [6.45, 7) is 5.70. The molecule has 0 aromatic carbocycles. The number of carboxylic acid groups (broad SMARTS) is 1. The third-order valence-electron chi connectivity index (χ3n) is 2.04. The lowest BCUT2D eigenvalue weighted by molar-refractivity contribution is -0.140. The van der Waals surface area contributed by atoms with Gasteiger partial charge in [-0.05, 0) is 0 Å². The summed E-state index contributed by atoms with van der Waals surface area (Å²) < 4.78 is 0. The van der Waals surface area contributed by atoms with Crippen LogP contribution in [0, 0.1) is 0 Å². The minimum absolute atomic E-state index is 0.0120. The molecule has 1 unspecified atom stereocenters. The molecule has 0 aliphatic rings. The highest BCUT2D eigenvalue weighted by Crippen LogP contribution is 2.16. The second-order valence-electron chi connectivity index (χ2n) is 3.73. The first-order valence-electron chi connectivity index (χ1n) is 3.48. The van der Waals surface area contributed by atoms with E-state index in [1.807, 2.05) is 19.6 Å². The van der Waals surface area contributed by atoms with Gasteiger partial charge in [-0.25, -0.2) is 0 Å². The first kappa shape index (κ1) is 10.6. The molecule has 0 aliphatic carbocycles. The van der Waals surface area contributed by atoms with Crippen LogP contribution in [0.2, 0.25) is 19.6 Å². The summed E-state index contributed by atoms with van der Waals surface area (Å²) in [7, 11) is -1.92. The van der Waals surface area contributed by atoms with Gasteiger partial charge in [0.2, 0.25) is 0 Å². The number of aliphatic carboxylic acids is 1. The van der Waals surface area contributed by atoms with E-state index < -0.39 is 19.2 Å². The molecule has 0 rings (SSSR count). The van der Waals surface area contributed by atoms with Crippen LogP contribution in [0.3, 0.4) is 0 Å². The number of hydrogen-bond donors (Lipinski definition) is 3. The summed E-state index contributed by atoms with van der Waals surface area (Å²) >= 11 is 0. The lowest BCUT2D eigenvalue weighted by Crippen LogP contribution is -2.68. The van der Waals surface area contributed by atoms with Crippen LogP contribution in [0.15, 0.2) is 0 Å². The number of hydrogen-bond acceptors (Lipinski definition) is 3. The molecule has 0 bridgehead atoms. The Labute approximate surface area is 67.6 Å². The molecule has 0 saturated carbocycles. The van der Waals surface area contributed by atoms with E-state index in [9.17, 15) is 4.79 Å². The minimum Gasteiger partial charge on any atom is -0.480 e. The van der Waals surface area contributed by atoms with E-state index in [1.165, 1.54) is 0 Å². The van der Waals surface area contributed by atoms with Gasteiger partial charge in [0.05, 0.1) is 8.07 Å². The Balaban J connectivity index is 4.75. The van der Waals surface area contributed by atoms with Gasteiger partial charge in [0, 0.05) is 6.54 Å². The van der Waals surface area contributed by atoms with Crippen LogP contribution in [0.25, 0.3) is 0 Å². The summed E-state index contributed by atoms with van der Waals surface area (Å²) in [5.74, 6) is -0.987. The maximum Gasteiger partial charge on any atom is 0.321 e. The number of carbonyl (C=O) groups is 1. The van der Waals surface area contributed by atoms with Crippen molar-refractivity contribution in [2.45, 2.75) is 24.8 Å². The van der Waals surface area contributed by atoms with Gasteiger partial charge in [0.1, 0.15) is 5.16 Å². The fourth-order valence-corrected chi connectivity index (χ4v) is 1.97. The van der Waals surface area contributed by atoms with E-state index in [1.54, 1.807) is 0 Å². The monoisotopic (exact) mass is 176 g/mol. The van der Waals surface area contributed by atoms with Crippen molar-refractivity contribution in [3.05, 3.63) is 0 Å². The van der Waals surface area contributed by atoms with Crippen LogP contribution in [0.1, 0.15) is 0 Å². The van der Waals surface area contributed by atoms with Crippen molar-refractivity contribution in [2.75, 3.05) is 6.54 Å². The van der Waals surface area contributed by atoms with Gasteiger partial charge in [-0.3, -0.25) is 4.79 Å². The van der Waals surface area contributed by atoms with Crippen LogP contribution in [-0.4, -0.2) is 30.9 Å². The summed E-state index contributed by atoms with van der Waals surface area (Å²) in [6.07, 6.45) is 0. The normalized spacial score (nSPS) is 17.5. The van der Waals surface area contributed by atoms with Crippen LogP contribution < -0.4 is 11.5 Å². The van der Waals surface area contributed by atoms with Gasteiger partial charge in [-0.15, -0.1) is 0 Å². The van der Waals surface area contributed by atoms with E-state index in [0.717, 1.165) is 0 Å². The summed E-state index contributed by atoms with van der Waals surface area (Å²) in [5, 5.41) is 7.61. The molecule has 11 heavy (non-hydrogen) atoms. The topological polar surface area (TPSA) is 89.3 Å². The van der Waals surface area contributed by atoms with Crippen molar-refractivity contribution in [1.82, 2.24) is 0 Å². The molecule has 0 aromatic heterocycles. The van der Waals surface area contributed by atoms with Crippen molar-refractivity contribution >= 4 is 14.0 Å². The molecule has 0 heterocycles. The second-order valence-corrected chi connectivity index (χ2v) is 9.12. The number of carboxylic acids is 1. The van der Waals surface area contributed by atoms with Gasteiger partial charge >= 0.3 is 5.97 Å². The zero-order valence-corrected chi connectivity index (χ0v) is 8.22. The Bertz CT molecular complexity index is 166. The predicted octanol–water partition coefficient (Wildman–Crippen LogP) is -0.395. The number of nitrogens with two attached hydrogens (primary N) is 2. The van der Waals surface area contributed by atoms with Crippen LogP contribution in [0.4, 0.5) is 0 Å². The van der Waals surface area contributed by atoms with Gasteiger partial charge in [0.15, 0.2) is 0 Å². The van der Waals surface area contributed by atoms with Crippen molar-refractivity contribution in [3.63, 3.8) is 0 Å². The second kappa shape index (κ2) is 2.92. The molecule has 0 saturated heterocycles. The molecule has 5 N–H and O–H groups in total. The van der Waals surface area contributed by atoms with Gasteiger partial charge in [-0.1, -0.05) is 19.6 Å². The quantitative estimate of drug-likeness (QED) is 0.511. The standard InChI is InChI=1S/C6H16N2O2Si/c1-11(2,3)6(8,4-7)5(9)10/h4,7-8H2,1-3H3,(H,9,10). The summed E-state index contributed by atoms with van der Waals surface area (Å²) in [5.41, 5.74) is 11.0. The molecule has 0 fully saturated rings. The zero-order valence-electron chi connectivity index (χ0n) is 7.22. The van der Waals surface area contributed by atoms with E-state index in [4.69, 9.17) is 16.6 Å². The highest BCUT2D eigenvalue weighted by atomic mass is 28.3. The van der Waals surface area contributed by atoms with E-state index in [-0.39, 0.29) is 6.54 Å². The predicted molar refractivity (Wildman–Crippen MR) is 47.0 cm³/mol. The molecule has 5 heteroatoms. The van der Waals surface area contributed by atoms with Crippen molar-refractivity contribution in [1.29, 1.82) is 0 Å². The van der Waals surface area contributed by atoms with Crippen molar-refractivity contribution in [2.24, 2.45) is 11.5 Å². The van der Waals surface area contributed by atoms with Gasteiger partial charge < -0.3 is 16.6 Å². The Hall–Kier alpha value is -0.393. The van der Waals surface area contributed by atoms with Gasteiger partial charge in [-0.2, -0.15) is 0 Å². The van der Waals surface area contributed by atoms with E-state index in [2.05, 4.69) is 0 Å². The molecular formula is C6H16N2O2Si. The third-order valence-corrected chi connectivity index (χ3v) is 5.14. The smallest absolute Gasteiger partial charge is 0.321 e. The maximum atomic E-state index is 10.7. The summed E-state index contributed by atoms with van der Waals surface area (Å²) in [4.78, 5) is 10.7. The van der Waals surface area contributed by atoms with E-state index >= 15 is 0 Å². The first-order chi connectivity index (χ1) is 4.75. The van der Waals surface area contributed by atoms with Crippen molar-refractivity contribution < 1.29 is 9.90 Å². The van der Waals surface area contributed by atoms with Crippen LogP contribution >= 0.6 is 0 Å². The molecule has 0 aromatic rings. The minimum atomic E-state index is -1.92. The Morgan fingerprint density at radius 1 is 1.55 bits per heavy atom. The largest absolute Gasteiger partial charge is 0.480 e. The molecule has 0 spiro atoms. The first-order valence-corrected chi connectivity index (χ1v) is 6.98. The highest BCUT2D eigenvalue weighted by molar-refractivity contribution is 6.82. The zero-order chi connectivity index (χ0) is 9.28. The summed E-state index contributed by atoms with van der Waals surface area (Å²) in [6, 6.07) is 0. The maximum absolute atomic E-state index is 10.7. The van der Waals surface area contributed by atoms with Crippen LogP contribution in [-0.2, 0) is 4.79 Å². The lowest BCUT2D eigenvalue weighted by Gasteiger charge is -2.34. The fourth-order valence-electron chi connectivity index (χ4n) is 0.714. The molecule has 0 amide bonds. The SMILES string of the molecule is C[Si](C)(C)C(N)(CN)C(=O)O. The Morgan fingerprint density at radius 3 is 1.91 bits per heavy atom. The molecule has 1 atom stereocenters. The molecular weight excluding hydrogens is 160 g/mol. The molecule has 0 radical (unpaired) electrons. The average molecular weight is 176 g/mol. The number of rotatable bonds is 3. The van der Waals surface area contributed by atoms with E-state index in [0.29, 0.717) is 0 Å². The average Bonchev–Trinajstić information content (AvgIpc) is 1.83. The Morgan fingerprint density at radius 2 is 1.91 bits per heavy atom. The van der Waals surface area contributed by atoms with Crippen molar-refractivity contribution in [3.8, 4) is 0 Å². The fraction of sp³-hybridized carbons (Fsp3) is 0.833.